The zero-order chi connectivity index (χ0) is 17.1. The maximum absolute atomic E-state index is 12.7. The monoisotopic (exact) mass is 329 g/mol. The number of rotatable bonds is 6. The molecule has 0 aliphatic heterocycles. The van der Waals surface area contributed by atoms with Crippen LogP contribution in [0.2, 0.25) is 0 Å². The van der Waals surface area contributed by atoms with Crippen LogP contribution in [0, 0.1) is 5.92 Å². The van der Waals surface area contributed by atoms with Gasteiger partial charge in [0, 0.05) is 24.4 Å². The van der Waals surface area contributed by atoms with Gasteiger partial charge in [0.05, 0.1) is 24.9 Å². The van der Waals surface area contributed by atoms with Gasteiger partial charge in [0.2, 0.25) is 0 Å². The molecule has 2 N–H and O–H groups in total. The van der Waals surface area contributed by atoms with Crippen molar-refractivity contribution in [2.45, 2.75) is 31.9 Å². The zero-order valence-corrected chi connectivity index (χ0v) is 14.0. The molecule has 0 saturated heterocycles. The Hall–Kier alpha value is -2.34. The Balaban J connectivity index is 1.77. The maximum atomic E-state index is 12.7. The average molecular weight is 329 g/mol. The molecule has 1 fully saturated rings. The normalized spacial score (nSPS) is 21.0. The van der Waals surface area contributed by atoms with Gasteiger partial charge < -0.3 is 15.2 Å². The lowest BCUT2D eigenvalue weighted by molar-refractivity contribution is 0.0235. The zero-order valence-electron chi connectivity index (χ0n) is 14.0. The molecule has 6 nitrogen and oxygen atoms in total. The fraction of sp³-hybridized carbons (Fsp3) is 0.444. The number of aliphatic hydroxyl groups excluding tert-OH is 1. The van der Waals surface area contributed by atoms with E-state index in [0.29, 0.717) is 30.8 Å². The standard InChI is InChI=1S/C18H23N3O3/c1-3-24-16-6-4-5-12(9-16)18(23)20-17(13-7-15(22)8-13)14-10-19-21(2)11-14/h4-6,9-11,13,15,17,22H,3,7-8H2,1-2H3,(H,20,23). The van der Waals surface area contributed by atoms with Crippen LogP contribution in [-0.4, -0.2) is 33.5 Å². The van der Waals surface area contributed by atoms with Gasteiger partial charge in [-0.05, 0) is 43.9 Å². The predicted molar refractivity (Wildman–Crippen MR) is 89.8 cm³/mol. The third-order valence-corrected chi connectivity index (χ3v) is 4.40. The molecule has 0 bridgehead atoms. The summed E-state index contributed by atoms with van der Waals surface area (Å²) in [4.78, 5) is 12.7. The van der Waals surface area contributed by atoms with Gasteiger partial charge >= 0.3 is 0 Å². The number of aryl methyl sites for hydroxylation is 1. The SMILES string of the molecule is CCOc1cccc(C(=O)NC(c2cnn(C)c2)C2CC(O)C2)c1. The van der Waals surface area contributed by atoms with Crippen molar-refractivity contribution >= 4 is 5.91 Å². The van der Waals surface area contributed by atoms with Gasteiger partial charge in [-0.1, -0.05) is 6.07 Å². The molecule has 1 saturated carbocycles. The van der Waals surface area contributed by atoms with Crippen molar-refractivity contribution in [3.05, 3.63) is 47.8 Å². The fourth-order valence-electron chi connectivity index (χ4n) is 3.09. The summed E-state index contributed by atoms with van der Waals surface area (Å²) in [7, 11) is 1.85. The van der Waals surface area contributed by atoms with Crippen LogP contribution in [0.5, 0.6) is 5.75 Å². The van der Waals surface area contributed by atoms with Crippen molar-refractivity contribution in [1.82, 2.24) is 15.1 Å². The molecule has 1 aliphatic carbocycles. The van der Waals surface area contributed by atoms with Crippen LogP contribution in [0.3, 0.4) is 0 Å². The first-order valence-electron chi connectivity index (χ1n) is 8.27. The molecule has 0 radical (unpaired) electrons. The number of amides is 1. The molecule has 1 aliphatic rings. The smallest absolute Gasteiger partial charge is 0.251 e. The summed E-state index contributed by atoms with van der Waals surface area (Å²) in [6.45, 7) is 2.47. The molecule has 1 amide bonds. The fourth-order valence-corrected chi connectivity index (χ4v) is 3.09. The van der Waals surface area contributed by atoms with Crippen molar-refractivity contribution in [2.75, 3.05) is 6.61 Å². The number of nitrogens with one attached hydrogen (secondary N) is 1. The third kappa shape index (κ3) is 3.59. The van der Waals surface area contributed by atoms with E-state index >= 15 is 0 Å². The Kier molecular flexibility index (Phi) is 4.85. The highest BCUT2D eigenvalue weighted by molar-refractivity contribution is 5.94. The van der Waals surface area contributed by atoms with Gasteiger partial charge in [-0.3, -0.25) is 9.48 Å². The van der Waals surface area contributed by atoms with E-state index in [9.17, 15) is 9.90 Å². The lowest BCUT2D eigenvalue weighted by Crippen LogP contribution is -2.41. The van der Waals surface area contributed by atoms with Crippen LogP contribution >= 0.6 is 0 Å². The largest absolute Gasteiger partial charge is 0.494 e. The van der Waals surface area contributed by atoms with Crippen LogP contribution in [-0.2, 0) is 7.05 Å². The van der Waals surface area contributed by atoms with Gasteiger partial charge in [-0.15, -0.1) is 0 Å². The Bertz CT molecular complexity index is 707. The Labute approximate surface area is 141 Å². The Morgan fingerprint density at radius 3 is 2.92 bits per heavy atom. The van der Waals surface area contributed by atoms with Crippen molar-refractivity contribution in [2.24, 2.45) is 13.0 Å². The highest BCUT2D eigenvalue weighted by Gasteiger charge is 2.36. The minimum Gasteiger partial charge on any atom is -0.494 e. The lowest BCUT2D eigenvalue weighted by Gasteiger charge is -2.37. The molecule has 6 heteroatoms. The lowest BCUT2D eigenvalue weighted by atomic mass is 9.75. The summed E-state index contributed by atoms with van der Waals surface area (Å²) in [6, 6.07) is 7.01. The van der Waals surface area contributed by atoms with Gasteiger partial charge in [0.15, 0.2) is 0 Å². The van der Waals surface area contributed by atoms with Gasteiger partial charge in [-0.25, -0.2) is 0 Å². The van der Waals surface area contributed by atoms with Crippen LogP contribution in [0.1, 0.15) is 41.7 Å². The summed E-state index contributed by atoms with van der Waals surface area (Å²) >= 11 is 0. The molecule has 0 spiro atoms. The summed E-state index contributed by atoms with van der Waals surface area (Å²) in [5.74, 6) is 0.761. The van der Waals surface area contributed by atoms with E-state index in [1.54, 1.807) is 23.0 Å². The van der Waals surface area contributed by atoms with Crippen molar-refractivity contribution in [3.63, 3.8) is 0 Å². The van der Waals surface area contributed by atoms with Crippen molar-refractivity contribution in [3.8, 4) is 5.75 Å². The minimum absolute atomic E-state index is 0.146. The van der Waals surface area contributed by atoms with E-state index in [4.69, 9.17) is 4.74 Å². The van der Waals surface area contributed by atoms with Crippen molar-refractivity contribution in [1.29, 1.82) is 0 Å². The predicted octanol–water partition coefficient (Wildman–Crippen LogP) is 2.06. The highest BCUT2D eigenvalue weighted by Crippen LogP contribution is 2.38. The minimum atomic E-state index is -0.271. The second kappa shape index (κ2) is 7.05. The van der Waals surface area contributed by atoms with Gasteiger partial charge in [0.1, 0.15) is 5.75 Å². The van der Waals surface area contributed by atoms with Gasteiger partial charge in [-0.2, -0.15) is 5.10 Å². The molecule has 1 aromatic carbocycles. The highest BCUT2D eigenvalue weighted by atomic mass is 16.5. The van der Waals surface area contributed by atoms with Crippen LogP contribution in [0.25, 0.3) is 0 Å². The van der Waals surface area contributed by atoms with E-state index in [2.05, 4.69) is 10.4 Å². The second-order valence-electron chi connectivity index (χ2n) is 6.24. The molecule has 1 unspecified atom stereocenters. The van der Waals surface area contributed by atoms with E-state index < -0.39 is 0 Å². The first-order chi connectivity index (χ1) is 11.6. The van der Waals surface area contributed by atoms with Crippen LogP contribution in [0.4, 0.5) is 0 Å². The van der Waals surface area contributed by atoms with E-state index in [1.165, 1.54) is 0 Å². The molecule has 1 atom stereocenters. The summed E-state index contributed by atoms with van der Waals surface area (Å²) in [5.41, 5.74) is 1.53. The van der Waals surface area contributed by atoms with Crippen molar-refractivity contribution < 1.29 is 14.6 Å². The molecular weight excluding hydrogens is 306 g/mol. The Morgan fingerprint density at radius 2 is 2.29 bits per heavy atom. The van der Waals surface area contributed by atoms with E-state index in [1.807, 2.05) is 32.3 Å². The van der Waals surface area contributed by atoms with Crippen LogP contribution < -0.4 is 10.1 Å². The number of nitrogens with zero attached hydrogens (tertiary/aromatic N) is 2. The third-order valence-electron chi connectivity index (χ3n) is 4.40. The van der Waals surface area contributed by atoms with E-state index in [-0.39, 0.29) is 24.0 Å². The van der Waals surface area contributed by atoms with E-state index in [0.717, 1.165) is 5.56 Å². The number of hydrogen-bond donors (Lipinski definition) is 2. The van der Waals surface area contributed by atoms with Gasteiger partial charge in [0.25, 0.3) is 5.91 Å². The number of carbonyl (C=O) groups excluding carboxylic acids is 1. The average Bonchev–Trinajstić information content (AvgIpc) is 2.96. The number of hydrogen-bond acceptors (Lipinski definition) is 4. The molecule has 1 heterocycles. The summed E-state index contributed by atoms with van der Waals surface area (Å²) in [6.07, 6.45) is 4.79. The molecule has 24 heavy (non-hydrogen) atoms. The quantitative estimate of drug-likeness (QED) is 0.850. The topological polar surface area (TPSA) is 76.4 Å². The molecule has 1 aromatic heterocycles. The summed E-state index contributed by atoms with van der Waals surface area (Å²) in [5, 5.41) is 16.9. The van der Waals surface area contributed by atoms with Crippen LogP contribution in [0.15, 0.2) is 36.7 Å². The number of carbonyl (C=O) groups is 1. The first kappa shape index (κ1) is 16.5. The maximum Gasteiger partial charge on any atom is 0.251 e. The molecular formula is C18H23N3O3. The Morgan fingerprint density at radius 1 is 1.50 bits per heavy atom. The number of benzene rings is 1. The number of aliphatic hydroxyl groups is 1. The number of aromatic nitrogens is 2. The number of ether oxygens (including phenoxy) is 1. The molecule has 128 valence electrons. The first-order valence-corrected chi connectivity index (χ1v) is 8.27. The molecule has 2 aromatic rings. The summed E-state index contributed by atoms with van der Waals surface area (Å²) < 4.78 is 7.18. The second-order valence-corrected chi connectivity index (χ2v) is 6.24. The molecule has 3 rings (SSSR count).